The number of carbonyl (C=O) groups is 1. The number of nitrogens with one attached hydrogen (secondary N) is 1. The highest BCUT2D eigenvalue weighted by molar-refractivity contribution is 7.99. The summed E-state index contributed by atoms with van der Waals surface area (Å²) in [4.78, 5) is 13.7. The van der Waals surface area contributed by atoms with E-state index >= 15 is 0 Å². The zero-order valence-corrected chi connectivity index (χ0v) is 11.4. The number of rotatable bonds is 7. The Morgan fingerprint density at radius 2 is 2.18 bits per heavy atom. The smallest absolute Gasteiger partial charge is 0.334 e. The van der Waals surface area contributed by atoms with Crippen molar-refractivity contribution in [3.8, 4) is 0 Å². The Kier molecular flexibility index (Phi) is 7.32. The third kappa shape index (κ3) is 6.10. The van der Waals surface area contributed by atoms with Gasteiger partial charge in [0.25, 0.3) is 0 Å². The summed E-state index contributed by atoms with van der Waals surface area (Å²) >= 11 is 2.01. The Labute approximate surface area is 108 Å². The first kappa shape index (κ1) is 14.5. The molecule has 17 heavy (non-hydrogen) atoms. The molecule has 0 atom stereocenters. The van der Waals surface area contributed by atoms with Crippen LogP contribution in [0.15, 0.2) is 12.2 Å². The van der Waals surface area contributed by atoms with Crippen LogP contribution in [0.4, 0.5) is 0 Å². The van der Waals surface area contributed by atoms with E-state index < -0.39 is 0 Å². The first-order chi connectivity index (χ1) is 8.24. The summed E-state index contributed by atoms with van der Waals surface area (Å²) in [6.45, 7) is 10.7. The van der Waals surface area contributed by atoms with Crippen molar-refractivity contribution < 1.29 is 9.53 Å². The highest BCUT2D eigenvalue weighted by Gasteiger charge is 2.10. The number of nitrogens with zero attached hydrogens (tertiary/aromatic N) is 1. The maximum absolute atomic E-state index is 11.3. The van der Waals surface area contributed by atoms with Crippen LogP contribution in [0.3, 0.4) is 0 Å². The number of ether oxygens (including phenoxy) is 1. The molecule has 98 valence electrons. The first-order valence-electron chi connectivity index (χ1n) is 6.09. The number of hydrogen-bond donors (Lipinski definition) is 1. The van der Waals surface area contributed by atoms with Gasteiger partial charge < -0.3 is 15.0 Å². The molecule has 1 aliphatic rings. The van der Waals surface area contributed by atoms with E-state index in [1.54, 1.807) is 6.92 Å². The number of esters is 1. The van der Waals surface area contributed by atoms with Gasteiger partial charge in [0.05, 0.1) is 6.61 Å². The van der Waals surface area contributed by atoms with Gasteiger partial charge in [-0.25, -0.2) is 4.79 Å². The number of hydrogen-bond acceptors (Lipinski definition) is 5. The van der Waals surface area contributed by atoms with Gasteiger partial charge in [-0.2, -0.15) is 11.8 Å². The van der Waals surface area contributed by atoms with E-state index in [-0.39, 0.29) is 5.97 Å². The lowest BCUT2D eigenvalue weighted by Crippen LogP contribution is -2.38. The fourth-order valence-corrected chi connectivity index (χ4v) is 2.59. The van der Waals surface area contributed by atoms with Crippen LogP contribution < -0.4 is 5.32 Å². The number of thioether (sulfide) groups is 1. The first-order valence-corrected chi connectivity index (χ1v) is 7.25. The molecule has 5 heteroatoms. The molecule has 0 aromatic rings. The lowest BCUT2D eigenvalue weighted by molar-refractivity contribution is -0.138. The van der Waals surface area contributed by atoms with Crippen LogP contribution in [0.5, 0.6) is 0 Å². The van der Waals surface area contributed by atoms with E-state index in [1.807, 2.05) is 11.8 Å². The third-order valence-corrected chi connectivity index (χ3v) is 3.55. The molecule has 1 heterocycles. The average Bonchev–Trinajstić information content (AvgIpc) is 2.36. The average molecular weight is 258 g/mol. The molecule has 0 saturated carbocycles. The van der Waals surface area contributed by atoms with Gasteiger partial charge in [0, 0.05) is 49.8 Å². The molecule has 1 rings (SSSR count). The Morgan fingerprint density at radius 1 is 1.47 bits per heavy atom. The summed E-state index contributed by atoms with van der Waals surface area (Å²) in [6.07, 6.45) is 0. The van der Waals surface area contributed by atoms with Gasteiger partial charge in [-0.1, -0.05) is 6.58 Å². The van der Waals surface area contributed by atoms with Crippen LogP contribution in [-0.2, 0) is 9.53 Å². The van der Waals surface area contributed by atoms with Gasteiger partial charge in [0.15, 0.2) is 0 Å². The summed E-state index contributed by atoms with van der Waals surface area (Å²) in [5.41, 5.74) is 0.501. The minimum atomic E-state index is -0.297. The van der Waals surface area contributed by atoms with Gasteiger partial charge in [-0.05, 0) is 6.92 Å². The molecule has 4 nitrogen and oxygen atoms in total. The second-order valence-corrected chi connectivity index (χ2v) is 5.18. The molecule has 0 spiro atoms. The second kappa shape index (κ2) is 8.55. The zero-order chi connectivity index (χ0) is 12.5. The topological polar surface area (TPSA) is 41.6 Å². The van der Waals surface area contributed by atoms with Crippen molar-refractivity contribution in [3.05, 3.63) is 12.2 Å². The van der Waals surface area contributed by atoms with E-state index in [0.717, 1.165) is 13.1 Å². The molecular weight excluding hydrogens is 236 g/mol. The van der Waals surface area contributed by atoms with Gasteiger partial charge >= 0.3 is 5.97 Å². The summed E-state index contributed by atoms with van der Waals surface area (Å²) in [7, 11) is 0. The maximum Gasteiger partial charge on any atom is 0.334 e. The second-order valence-electron chi connectivity index (χ2n) is 3.95. The SMILES string of the molecule is C=C(CNCCN1CCSCC1)C(=O)OCC. The summed E-state index contributed by atoms with van der Waals surface area (Å²) in [6, 6.07) is 0. The predicted molar refractivity (Wildman–Crippen MR) is 72.4 cm³/mol. The molecule has 1 N–H and O–H groups in total. The lowest BCUT2D eigenvalue weighted by atomic mass is 10.3. The molecule has 0 amide bonds. The molecule has 0 unspecified atom stereocenters. The van der Waals surface area contributed by atoms with Crippen molar-refractivity contribution in [1.29, 1.82) is 0 Å². The summed E-state index contributed by atoms with van der Waals surface area (Å²) in [5.74, 6) is 2.17. The van der Waals surface area contributed by atoms with E-state index in [9.17, 15) is 4.79 Å². The Bertz CT molecular complexity index is 253. The predicted octanol–water partition coefficient (Wildman–Crippen LogP) is 0.744. The highest BCUT2D eigenvalue weighted by Crippen LogP contribution is 2.07. The standard InChI is InChI=1S/C12H22N2O2S/c1-3-16-12(15)11(2)10-13-4-5-14-6-8-17-9-7-14/h13H,2-10H2,1H3. The largest absolute Gasteiger partial charge is 0.463 e. The van der Waals surface area contributed by atoms with Crippen LogP contribution in [0, 0.1) is 0 Å². The van der Waals surface area contributed by atoms with Gasteiger partial charge in [0.1, 0.15) is 0 Å². The minimum absolute atomic E-state index is 0.297. The maximum atomic E-state index is 11.3. The van der Waals surface area contributed by atoms with E-state index in [1.165, 1.54) is 24.6 Å². The van der Waals surface area contributed by atoms with E-state index in [4.69, 9.17) is 4.74 Å². The minimum Gasteiger partial charge on any atom is -0.463 e. The van der Waals surface area contributed by atoms with Crippen LogP contribution in [0.25, 0.3) is 0 Å². The van der Waals surface area contributed by atoms with Crippen molar-refractivity contribution in [3.63, 3.8) is 0 Å². The van der Waals surface area contributed by atoms with Crippen molar-refractivity contribution in [2.45, 2.75) is 6.92 Å². The van der Waals surface area contributed by atoms with Crippen molar-refractivity contribution in [2.75, 3.05) is 50.8 Å². The van der Waals surface area contributed by atoms with Gasteiger partial charge in [0.2, 0.25) is 0 Å². The molecule has 1 saturated heterocycles. The fourth-order valence-electron chi connectivity index (χ4n) is 1.61. The van der Waals surface area contributed by atoms with Crippen LogP contribution in [0.2, 0.25) is 0 Å². The Hall–Kier alpha value is -0.520. The van der Waals surface area contributed by atoms with Crippen molar-refractivity contribution in [2.24, 2.45) is 0 Å². The van der Waals surface area contributed by atoms with Crippen LogP contribution in [0.1, 0.15) is 6.92 Å². The Morgan fingerprint density at radius 3 is 2.82 bits per heavy atom. The van der Waals surface area contributed by atoms with E-state index in [0.29, 0.717) is 18.7 Å². The van der Waals surface area contributed by atoms with Gasteiger partial charge in [-0.3, -0.25) is 0 Å². The molecular formula is C12H22N2O2S. The quantitative estimate of drug-likeness (QED) is 0.414. The lowest BCUT2D eigenvalue weighted by Gasteiger charge is -2.26. The molecule has 0 aromatic carbocycles. The van der Waals surface area contributed by atoms with E-state index in [2.05, 4.69) is 16.8 Å². The van der Waals surface area contributed by atoms with Gasteiger partial charge in [-0.15, -0.1) is 0 Å². The molecule has 1 fully saturated rings. The van der Waals surface area contributed by atoms with Crippen molar-refractivity contribution >= 4 is 17.7 Å². The summed E-state index contributed by atoms with van der Waals surface area (Å²) in [5, 5.41) is 3.22. The number of carbonyl (C=O) groups excluding carboxylic acids is 1. The monoisotopic (exact) mass is 258 g/mol. The molecule has 0 radical (unpaired) electrons. The molecule has 0 aliphatic carbocycles. The Balaban J connectivity index is 2.03. The molecule has 1 aliphatic heterocycles. The molecule has 0 bridgehead atoms. The van der Waals surface area contributed by atoms with Crippen LogP contribution >= 0.6 is 11.8 Å². The third-order valence-electron chi connectivity index (χ3n) is 2.61. The normalized spacial score (nSPS) is 16.8. The van der Waals surface area contributed by atoms with Crippen molar-refractivity contribution in [1.82, 2.24) is 10.2 Å². The zero-order valence-electron chi connectivity index (χ0n) is 10.5. The van der Waals surface area contributed by atoms with Crippen LogP contribution in [-0.4, -0.2) is 61.7 Å². The summed E-state index contributed by atoms with van der Waals surface area (Å²) < 4.78 is 4.86. The fraction of sp³-hybridized carbons (Fsp3) is 0.750. The molecule has 0 aromatic heterocycles. The highest BCUT2D eigenvalue weighted by atomic mass is 32.2.